The first kappa shape index (κ1) is 14.5. The Morgan fingerprint density at radius 1 is 1.32 bits per heavy atom. The minimum absolute atomic E-state index is 0.490. The fraction of sp³-hybridized carbons (Fsp3) is 0.353. The van der Waals surface area contributed by atoms with Crippen LogP contribution in [-0.4, -0.2) is 34.1 Å². The lowest BCUT2D eigenvalue weighted by atomic mass is 9.90. The molecule has 1 saturated heterocycles. The van der Waals surface area contributed by atoms with E-state index in [2.05, 4.69) is 9.97 Å². The zero-order valence-corrected chi connectivity index (χ0v) is 12.6. The van der Waals surface area contributed by atoms with Crippen molar-refractivity contribution in [2.24, 2.45) is 5.41 Å². The van der Waals surface area contributed by atoms with E-state index in [0.29, 0.717) is 25.9 Å². The van der Waals surface area contributed by atoms with Crippen molar-refractivity contribution in [1.29, 1.82) is 0 Å². The van der Waals surface area contributed by atoms with Crippen LogP contribution in [0.25, 0.3) is 0 Å². The van der Waals surface area contributed by atoms with Gasteiger partial charge in [0, 0.05) is 25.7 Å². The molecule has 2 heterocycles. The van der Waals surface area contributed by atoms with Gasteiger partial charge in [0.1, 0.15) is 11.6 Å². The summed E-state index contributed by atoms with van der Waals surface area (Å²) in [5.41, 5.74) is 0.473. The number of hydrogen-bond donors (Lipinski definition) is 1. The van der Waals surface area contributed by atoms with Crippen molar-refractivity contribution in [3.05, 3.63) is 54.0 Å². The molecule has 0 amide bonds. The first-order valence-electron chi connectivity index (χ1n) is 7.41. The first-order valence-corrected chi connectivity index (χ1v) is 7.41. The second kappa shape index (κ2) is 5.75. The summed E-state index contributed by atoms with van der Waals surface area (Å²) < 4.78 is 0. The van der Waals surface area contributed by atoms with Crippen LogP contribution in [0.5, 0.6) is 0 Å². The van der Waals surface area contributed by atoms with Gasteiger partial charge >= 0.3 is 5.97 Å². The summed E-state index contributed by atoms with van der Waals surface area (Å²) in [7, 11) is 0. The van der Waals surface area contributed by atoms with Crippen LogP contribution >= 0.6 is 0 Å². The van der Waals surface area contributed by atoms with E-state index in [1.807, 2.05) is 41.3 Å². The molecule has 0 radical (unpaired) electrons. The number of aromatic nitrogens is 2. The zero-order chi connectivity index (χ0) is 15.6. The Bertz CT molecular complexity index is 675. The number of aliphatic carboxylic acids is 1. The van der Waals surface area contributed by atoms with E-state index in [1.165, 1.54) is 0 Å². The molecule has 1 aromatic carbocycles. The molecule has 5 heteroatoms. The largest absolute Gasteiger partial charge is 0.481 e. The van der Waals surface area contributed by atoms with Gasteiger partial charge in [-0.05, 0) is 25.0 Å². The third-order valence-electron chi connectivity index (χ3n) is 4.21. The van der Waals surface area contributed by atoms with Crippen LogP contribution in [0.2, 0.25) is 0 Å². The van der Waals surface area contributed by atoms with E-state index in [1.54, 1.807) is 13.1 Å². The fourth-order valence-electron chi connectivity index (χ4n) is 2.76. The Hall–Kier alpha value is -2.43. The number of carbonyl (C=O) groups is 1. The van der Waals surface area contributed by atoms with E-state index < -0.39 is 11.4 Å². The second-order valence-electron chi connectivity index (χ2n) is 6.03. The lowest BCUT2D eigenvalue weighted by Gasteiger charge is -2.21. The van der Waals surface area contributed by atoms with Crippen LogP contribution in [0.3, 0.4) is 0 Å². The van der Waals surface area contributed by atoms with Crippen LogP contribution in [-0.2, 0) is 11.2 Å². The van der Waals surface area contributed by atoms with Gasteiger partial charge < -0.3 is 10.0 Å². The van der Waals surface area contributed by atoms with Crippen LogP contribution in [0.15, 0.2) is 42.6 Å². The van der Waals surface area contributed by atoms with Gasteiger partial charge in [0.05, 0.1) is 5.41 Å². The number of carboxylic acids is 1. The Labute approximate surface area is 129 Å². The highest BCUT2D eigenvalue weighted by atomic mass is 16.4. The highest BCUT2D eigenvalue weighted by Gasteiger charge is 2.40. The van der Waals surface area contributed by atoms with Crippen molar-refractivity contribution in [2.75, 3.05) is 18.0 Å². The molecule has 1 N–H and O–H groups in total. The molecular weight excluding hydrogens is 278 g/mol. The quantitative estimate of drug-likeness (QED) is 0.938. The number of anilines is 1. The molecule has 2 aromatic rings. The van der Waals surface area contributed by atoms with Gasteiger partial charge in [-0.3, -0.25) is 4.79 Å². The topological polar surface area (TPSA) is 66.3 Å². The highest BCUT2D eigenvalue weighted by Crippen LogP contribution is 2.32. The zero-order valence-electron chi connectivity index (χ0n) is 12.6. The molecule has 1 fully saturated rings. The van der Waals surface area contributed by atoms with Gasteiger partial charge in [0.2, 0.25) is 0 Å². The van der Waals surface area contributed by atoms with Crippen LogP contribution < -0.4 is 4.90 Å². The molecule has 114 valence electrons. The van der Waals surface area contributed by atoms with Gasteiger partial charge in [-0.1, -0.05) is 30.3 Å². The molecule has 0 aliphatic carbocycles. The monoisotopic (exact) mass is 297 g/mol. The van der Waals surface area contributed by atoms with Crippen molar-refractivity contribution in [1.82, 2.24) is 9.97 Å². The molecule has 0 saturated carbocycles. The van der Waals surface area contributed by atoms with Gasteiger partial charge in [-0.2, -0.15) is 0 Å². The van der Waals surface area contributed by atoms with Crippen LogP contribution in [0.1, 0.15) is 24.7 Å². The maximum atomic E-state index is 11.3. The molecule has 22 heavy (non-hydrogen) atoms. The molecule has 0 spiro atoms. The van der Waals surface area contributed by atoms with Crippen molar-refractivity contribution in [2.45, 2.75) is 19.8 Å². The summed E-state index contributed by atoms with van der Waals surface area (Å²) in [4.78, 5) is 22.3. The number of rotatable bonds is 4. The minimum Gasteiger partial charge on any atom is -0.481 e. The normalized spacial score (nSPS) is 21.0. The number of benzene rings is 1. The van der Waals surface area contributed by atoms with Gasteiger partial charge in [0.15, 0.2) is 0 Å². The molecule has 1 unspecified atom stereocenters. The summed E-state index contributed by atoms with van der Waals surface area (Å²) in [6.07, 6.45) is 3.07. The Morgan fingerprint density at radius 3 is 2.77 bits per heavy atom. The highest BCUT2D eigenvalue weighted by molar-refractivity contribution is 5.76. The predicted octanol–water partition coefficient (Wildman–Crippen LogP) is 2.37. The summed E-state index contributed by atoms with van der Waals surface area (Å²) in [6, 6.07) is 11.9. The number of carboxylic acid groups (broad SMARTS) is 1. The summed E-state index contributed by atoms with van der Waals surface area (Å²) in [5.74, 6) is 0.826. The SMILES string of the molecule is CC1(C(=O)O)CCN(c2ccnc(Cc3ccccc3)n2)C1. The lowest BCUT2D eigenvalue weighted by Crippen LogP contribution is -2.32. The van der Waals surface area contributed by atoms with E-state index in [0.717, 1.165) is 17.2 Å². The number of nitrogens with zero attached hydrogens (tertiary/aromatic N) is 3. The summed E-state index contributed by atoms with van der Waals surface area (Å²) in [5, 5.41) is 9.33. The molecule has 0 bridgehead atoms. The van der Waals surface area contributed by atoms with E-state index >= 15 is 0 Å². The predicted molar refractivity (Wildman–Crippen MR) is 83.9 cm³/mol. The smallest absolute Gasteiger partial charge is 0.311 e. The van der Waals surface area contributed by atoms with Crippen molar-refractivity contribution in [3.8, 4) is 0 Å². The Morgan fingerprint density at radius 2 is 2.09 bits per heavy atom. The molecule has 1 aliphatic heterocycles. The van der Waals surface area contributed by atoms with Crippen molar-refractivity contribution >= 4 is 11.8 Å². The van der Waals surface area contributed by atoms with Gasteiger partial charge in [-0.15, -0.1) is 0 Å². The average Bonchev–Trinajstić information content (AvgIpc) is 2.93. The van der Waals surface area contributed by atoms with Crippen LogP contribution in [0.4, 0.5) is 5.82 Å². The fourth-order valence-corrected chi connectivity index (χ4v) is 2.76. The maximum Gasteiger partial charge on any atom is 0.311 e. The van der Waals surface area contributed by atoms with E-state index in [-0.39, 0.29) is 0 Å². The molecule has 1 aromatic heterocycles. The van der Waals surface area contributed by atoms with Crippen molar-refractivity contribution in [3.63, 3.8) is 0 Å². The standard InChI is InChI=1S/C17H19N3O2/c1-17(16(21)22)8-10-20(12-17)15-7-9-18-14(19-15)11-13-5-3-2-4-6-13/h2-7,9H,8,10-12H2,1H3,(H,21,22). The third kappa shape index (κ3) is 2.93. The van der Waals surface area contributed by atoms with Crippen LogP contribution in [0, 0.1) is 5.41 Å². The molecular formula is C17H19N3O2. The average molecular weight is 297 g/mol. The third-order valence-corrected chi connectivity index (χ3v) is 4.21. The molecule has 1 atom stereocenters. The van der Waals surface area contributed by atoms with Crippen molar-refractivity contribution < 1.29 is 9.90 Å². The maximum absolute atomic E-state index is 11.3. The van der Waals surface area contributed by atoms with E-state index in [4.69, 9.17) is 0 Å². The Balaban J connectivity index is 1.76. The summed E-state index contributed by atoms with van der Waals surface area (Å²) in [6.45, 7) is 3.00. The Kier molecular flexibility index (Phi) is 3.79. The molecule has 1 aliphatic rings. The first-order chi connectivity index (χ1) is 10.6. The van der Waals surface area contributed by atoms with Gasteiger partial charge in [-0.25, -0.2) is 9.97 Å². The van der Waals surface area contributed by atoms with E-state index in [9.17, 15) is 9.90 Å². The van der Waals surface area contributed by atoms with Gasteiger partial charge in [0.25, 0.3) is 0 Å². The molecule has 5 nitrogen and oxygen atoms in total. The second-order valence-corrected chi connectivity index (χ2v) is 6.03. The number of hydrogen-bond acceptors (Lipinski definition) is 4. The lowest BCUT2D eigenvalue weighted by molar-refractivity contribution is -0.146. The molecule has 3 rings (SSSR count). The summed E-state index contributed by atoms with van der Waals surface area (Å²) >= 11 is 0. The minimum atomic E-state index is -0.742.